The minimum atomic E-state index is -0.218. The summed E-state index contributed by atoms with van der Waals surface area (Å²) in [5, 5.41) is 13.1. The Bertz CT molecular complexity index is 308. The molecule has 1 aromatic carbocycles. The zero-order valence-electron chi connectivity index (χ0n) is 9.89. The third kappa shape index (κ3) is 3.06. The maximum atomic E-state index is 9.59. The molecular formula is C14H21NO. The van der Waals surface area contributed by atoms with Gasteiger partial charge in [-0.05, 0) is 30.7 Å². The van der Waals surface area contributed by atoms with Crippen molar-refractivity contribution < 1.29 is 5.11 Å². The average Bonchev–Trinajstić information content (AvgIpc) is 3.15. The van der Waals surface area contributed by atoms with E-state index in [1.807, 2.05) is 13.0 Å². The lowest BCUT2D eigenvalue weighted by atomic mass is 10.0. The number of nitrogens with one attached hydrogen (secondary N) is 1. The van der Waals surface area contributed by atoms with E-state index in [0.717, 1.165) is 12.3 Å². The SMILES string of the molecule is CCC(O)CNC(c1ccccc1)C1CC1. The fraction of sp³-hybridized carbons (Fsp3) is 0.571. The van der Waals surface area contributed by atoms with E-state index in [0.29, 0.717) is 12.6 Å². The first-order valence-electron chi connectivity index (χ1n) is 6.27. The van der Waals surface area contributed by atoms with Gasteiger partial charge in [0.2, 0.25) is 0 Å². The first kappa shape index (κ1) is 11.6. The molecular weight excluding hydrogens is 198 g/mol. The summed E-state index contributed by atoms with van der Waals surface area (Å²) >= 11 is 0. The lowest BCUT2D eigenvalue weighted by Gasteiger charge is -2.20. The molecule has 2 nitrogen and oxygen atoms in total. The maximum Gasteiger partial charge on any atom is 0.0662 e. The van der Waals surface area contributed by atoms with Crippen molar-refractivity contribution >= 4 is 0 Å². The predicted octanol–water partition coefficient (Wildman–Crippen LogP) is 2.50. The third-order valence-corrected chi connectivity index (χ3v) is 3.30. The minimum Gasteiger partial charge on any atom is -0.392 e. The Kier molecular flexibility index (Phi) is 3.97. The van der Waals surface area contributed by atoms with E-state index in [2.05, 4.69) is 29.6 Å². The molecule has 1 aliphatic carbocycles. The predicted molar refractivity (Wildman–Crippen MR) is 66.2 cm³/mol. The second-order valence-corrected chi connectivity index (χ2v) is 4.70. The highest BCUT2D eigenvalue weighted by atomic mass is 16.3. The van der Waals surface area contributed by atoms with Crippen molar-refractivity contribution in [3.8, 4) is 0 Å². The molecule has 1 saturated carbocycles. The van der Waals surface area contributed by atoms with Crippen molar-refractivity contribution in [2.75, 3.05) is 6.54 Å². The number of rotatable bonds is 6. The van der Waals surface area contributed by atoms with E-state index in [9.17, 15) is 5.11 Å². The van der Waals surface area contributed by atoms with Crippen LogP contribution in [0.25, 0.3) is 0 Å². The number of aliphatic hydroxyl groups excluding tert-OH is 1. The van der Waals surface area contributed by atoms with Crippen LogP contribution in [0.2, 0.25) is 0 Å². The summed E-state index contributed by atoms with van der Waals surface area (Å²) in [6.07, 6.45) is 3.23. The normalized spacial score (nSPS) is 19.4. The summed E-state index contributed by atoms with van der Waals surface area (Å²) in [6.45, 7) is 2.72. The smallest absolute Gasteiger partial charge is 0.0662 e. The zero-order chi connectivity index (χ0) is 11.4. The molecule has 0 aliphatic heterocycles. The highest BCUT2D eigenvalue weighted by Gasteiger charge is 2.31. The monoisotopic (exact) mass is 219 g/mol. The standard InChI is InChI=1S/C14H21NO/c1-2-13(16)10-15-14(12-8-9-12)11-6-4-3-5-7-11/h3-7,12-16H,2,8-10H2,1H3. The van der Waals surface area contributed by atoms with Gasteiger partial charge in [0.05, 0.1) is 6.10 Å². The molecule has 1 aliphatic rings. The molecule has 0 aromatic heterocycles. The molecule has 2 N–H and O–H groups in total. The summed E-state index contributed by atoms with van der Waals surface area (Å²) in [5.41, 5.74) is 1.35. The van der Waals surface area contributed by atoms with Crippen LogP contribution >= 0.6 is 0 Å². The van der Waals surface area contributed by atoms with Gasteiger partial charge >= 0.3 is 0 Å². The molecule has 0 bridgehead atoms. The number of hydrogen-bond donors (Lipinski definition) is 2. The van der Waals surface area contributed by atoms with Crippen molar-refractivity contribution in [2.24, 2.45) is 5.92 Å². The van der Waals surface area contributed by atoms with E-state index in [1.165, 1.54) is 18.4 Å². The molecule has 2 rings (SSSR count). The average molecular weight is 219 g/mol. The van der Waals surface area contributed by atoms with Crippen LogP contribution in [-0.4, -0.2) is 17.8 Å². The van der Waals surface area contributed by atoms with Gasteiger partial charge in [0, 0.05) is 12.6 Å². The van der Waals surface area contributed by atoms with E-state index in [-0.39, 0.29) is 6.10 Å². The quantitative estimate of drug-likeness (QED) is 0.770. The highest BCUT2D eigenvalue weighted by Crippen LogP contribution is 2.40. The molecule has 2 heteroatoms. The van der Waals surface area contributed by atoms with Gasteiger partial charge in [0.1, 0.15) is 0 Å². The van der Waals surface area contributed by atoms with E-state index < -0.39 is 0 Å². The summed E-state index contributed by atoms with van der Waals surface area (Å²) in [4.78, 5) is 0. The summed E-state index contributed by atoms with van der Waals surface area (Å²) < 4.78 is 0. The Morgan fingerprint density at radius 3 is 2.56 bits per heavy atom. The van der Waals surface area contributed by atoms with Gasteiger partial charge in [-0.2, -0.15) is 0 Å². The summed E-state index contributed by atoms with van der Waals surface area (Å²) in [5.74, 6) is 0.770. The Labute approximate surface area is 97.7 Å². The zero-order valence-corrected chi connectivity index (χ0v) is 9.89. The van der Waals surface area contributed by atoms with E-state index in [1.54, 1.807) is 0 Å². The van der Waals surface area contributed by atoms with E-state index in [4.69, 9.17) is 0 Å². The first-order valence-corrected chi connectivity index (χ1v) is 6.27. The molecule has 0 spiro atoms. The van der Waals surface area contributed by atoms with Crippen LogP contribution in [0.3, 0.4) is 0 Å². The number of benzene rings is 1. The molecule has 88 valence electrons. The molecule has 0 heterocycles. The second-order valence-electron chi connectivity index (χ2n) is 4.70. The van der Waals surface area contributed by atoms with Gasteiger partial charge in [-0.1, -0.05) is 37.3 Å². The first-order chi connectivity index (χ1) is 7.81. The van der Waals surface area contributed by atoms with Crippen LogP contribution < -0.4 is 5.32 Å². The van der Waals surface area contributed by atoms with Crippen LogP contribution in [0.5, 0.6) is 0 Å². The molecule has 1 aromatic rings. The summed E-state index contributed by atoms with van der Waals surface area (Å²) in [6, 6.07) is 11.0. The van der Waals surface area contributed by atoms with Gasteiger partial charge in [0.25, 0.3) is 0 Å². The topological polar surface area (TPSA) is 32.3 Å². The third-order valence-electron chi connectivity index (χ3n) is 3.30. The maximum absolute atomic E-state index is 9.59. The van der Waals surface area contributed by atoms with Crippen LogP contribution in [0.15, 0.2) is 30.3 Å². The Balaban J connectivity index is 1.95. The molecule has 1 fully saturated rings. The van der Waals surface area contributed by atoms with Crippen molar-refractivity contribution in [3.63, 3.8) is 0 Å². The van der Waals surface area contributed by atoms with Crippen LogP contribution in [0, 0.1) is 5.92 Å². The fourth-order valence-corrected chi connectivity index (χ4v) is 2.05. The summed E-state index contributed by atoms with van der Waals surface area (Å²) in [7, 11) is 0. The lowest BCUT2D eigenvalue weighted by molar-refractivity contribution is 0.161. The van der Waals surface area contributed by atoms with Crippen LogP contribution in [0.1, 0.15) is 37.8 Å². The Morgan fingerprint density at radius 1 is 1.31 bits per heavy atom. The van der Waals surface area contributed by atoms with Crippen molar-refractivity contribution in [2.45, 2.75) is 38.3 Å². The van der Waals surface area contributed by atoms with E-state index >= 15 is 0 Å². The molecule has 0 radical (unpaired) electrons. The van der Waals surface area contributed by atoms with Gasteiger partial charge < -0.3 is 10.4 Å². The molecule has 0 saturated heterocycles. The van der Waals surface area contributed by atoms with Crippen molar-refractivity contribution in [3.05, 3.63) is 35.9 Å². The van der Waals surface area contributed by atoms with Crippen LogP contribution in [0.4, 0.5) is 0 Å². The largest absolute Gasteiger partial charge is 0.392 e. The van der Waals surface area contributed by atoms with Gasteiger partial charge in [-0.15, -0.1) is 0 Å². The highest BCUT2D eigenvalue weighted by molar-refractivity contribution is 5.21. The van der Waals surface area contributed by atoms with Crippen LogP contribution in [-0.2, 0) is 0 Å². The van der Waals surface area contributed by atoms with Gasteiger partial charge in [0.15, 0.2) is 0 Å². The molecule has 2 unspecified atom stereocenters. The molecule has 0 amide bonds. The molecule has 2 atom stereocenters. The minimum absolute atomic E-state index is 0.218. The van der Waals surface area contributed by atoms with Crippen molar-refractivity contribution in [1.29, 1.82) is 0 Å². The molecule has 16 heavy (non-hydrogen) atoms. The second kappa shape index (κ2) is 5.46. The van der Waals surface area contributed by atoms with Gasteiger partial charge in [-0.3, -0.25) is 0 Å². The fourth-order valence-electron chi connectivity index (χ4n) is 2.05. The lowest BCUT2D eigenvalue weighted by Crippen LogP contribution is -2.31. The number of hydrogen-bond acceptors (Lipinski definition) is 2. The Hall–Kier alpha value is -0.860. The van der Waals surface area contributed by atoms with Crippen molar-refractivity contribution in [1.82, 2.24) is 5.32 Å². The Morgan fingerprint density at radius 2 is 2.00 bits per heavy atom. The number of aliphatic hydroxyl groups is 1. The van der Waals surface area contributed by atoms with Gasteiger partial charge in [-0.25, -0.2) is 0 Å².